The fourth-order valence-electron chi connectivity index (χ4n) is 6.10. The van der Waals surface area contributed by atoms with Gasteiger partial charge < -0.3 is 29.1 Å². The number of piperidine rings is 1. The smallest absolute Gasteiger partial charge is 0.407 e. The molecule has 1 unspecified atom stereocenters. The summed E-state index contributed by atoms with van der Waals surface area (Å²) in [6.45, 7) is 8.44. The van der Waals surface area contributed by atoms with Gasteiger partial charge in [-0.2, -0.15) is 5.10 Å². The van der Waals surface area contributed by atoms with Crippen LogP contribution in [0.1, 0.15) is 55.0 Å². The number of ether oxygens (including phenoxy) is 3. The lowest BCUT2D eigenvalue weighted by atomic mass is 9.86. The molecule has 6 rings (SSSR count). The molecule has 11 nitrogen and oxygen atoms in total. The molecule has 5 heterocycles. The molecule has 2 aromatic heterocycles. The average Bonchev–Trinajstić information content (AvgIpc) is 3.39. The van der Waals surface area contributed by atoms with Crippen LogP contribution in [0.4, 0.5) is 10.6 Å². The maximum atomic E-state index is 11.4. The number of anilines is 1. The van der Waals surface area contributed by atoms with Gasteiger partial charge in [-0.1, -0.05) is 0 Å². The number of aryl methyl sites for hydroxylation is 2. The molecular weight excluding hydrogens is 512 g/mol. The number of hydrogen-bond acceptors (Lipinski definition) is 8. The molecule has 11 heteroatoms. The molecule has 3 aromatic rings. The van der Waals surface area contributed by atoms with Crippen molar-refractivity contribution in [3.63, 3.8) is 0 Å². The van der Waals surface area contributed by atoms with Gasteiger partial charge in [-0.15, -0.1) is 0 Å². The van der Waals surface area contributed by atoms with Gasteiger partial charge in [0.15, 0.2) is 12.1 Å². The molecule has 0 saturated carbocycles. The second-order valence-electron chi connectivity index (χ2n) is 11.1. The van der Waals surface area contributed by atoms with E-state index in [1.54, 1.807) is 0 Å². The summed E-state index contributed by atoms with van der Waals surface area (Å²) in [6, 6.07) is 6.39. The van der Waals surface area contributed by atoms with Crippen LogP contribution < -0.4 is 4.90 Å². The summed E-state index contributed by atoms with van der Waals surface area (Å²) in [5.74, 6) is 2.57. The van der Waals surface area contributed by atoms with E-state index < -0.39 is 6.09 Å². The molecule has 0 bridgehead atoms. The van der Waals surface area contributed by atoms with E-state index in [1.165, 1.54) is 16.0 Å². The maximum absolute atomic E-state index is 11.4. The summed E-state index contributed by atoms with van der Waals surface area (Å²) in [6.07, 6.45) is 5.66. The van der Waals surface area contributed by atoms with E-state index in [-0.39, 0.29) is 12.4 Å². The number of amides is 1. The molecule has 1 N–H and O–H groups in total. The standard InChI is InChI=1S/C29H38N6O5/c1-19-13-22-16-30-35(25(22)14-24(19)21-6-8-33(9-7-21)29(36)37)27-15-26(31-20(2)32-27)34-10-12-38-23(17-34)18-40-28-5-3-4-11-39-28/h13-16,21,23,28H,3-12,17-18H2,1-2H3,(H,36,37)/t23-,28?/m0/s1. The minimum Gasteiger partial charge on any atom is -0.465 e. The highest BCUT2D eigenvalue weighted by Gasteiger charge is 2.27. The first-order valence-corrected chi connectivity index (χ1v) is 14.4. The molecule has 3 saturated heterocycles. The SMILES string of the molecule is Cc1nc(N2CCO[C@H](COC3CCCCO3)C2)cc(-n2ncc3cc(C)c(C4CCN(C(=O)O)CC4)cc32)n1. The number of rotatable bonds is 6. The van der Waals surface area contributed by atoms with E-state index in [1.807, 2.05) is 23.9 Å². The number of carbonyl (C=O) groups is 1. The monoisotopic (exact) mass is 550 g/mol. The molecule has 0 aliphatic carbocycles. The molecule has 0 spiro atoms. The van der Waals surface area contributed by atoms with E-state index in [0.717, 1.165) is 67.8 Å². The van der Waals surface area contributed by atoms with Crippen LogP contribution in [0.25, 0.3) is 16.7 Å². The molecule has 1 amide bonds. The minimum atomic E-state index is -0.837. The van der Waals surface area contributed by atoms with E-state index in [9.17, 15) is 9.90 Å². The normalized spacial score (nSPS) is 22.6. The minimum absolute atomic E-state index is 0.0541. The predicted octanol–water partition coefficient (Wildman–Crippen LogP) is 4.04. The van der Waals surface area contributed by atoms with Crippen LogP contribution in [0, 0.1) is 13.8 Å². The number of aromatic nitrogens is 4. The molecule has 40 heavy (non-hydrogen) atoms. The van der Waals surface area contributed by atoms with Gasteiger partial charge in [-0.25, -0.2) is 19.4 Å². The number of carboxylic acid groups (broad SMARTS) is 1. The van der Waals surface area contributed by atoms with Gasteiger partial charge in [0.05, 0.1) is 31.0 Å². The number of hydrogen-bond donors (Lipinski definition) is 1. The van der Waals surface area contributed by atoms with Crippen molar-refractivity contribution in [3.05, 3.63) is 41.3 Å². The van der Waals surface area contributed by atoms with Crippen molar-refractivity contribution in [1.29, 1.82) is 0 Å². The van der Waals surface area contributed by atoms with Crippen LogP contribution in [0.2, 0.25) is 0 Å². The zero-order valence-electron chi connectivity index (χ0n) is 23.3. The highest BCUT2D eigenvalue weighted by Crippen LogP contribution is 2.33. The number of benzene rings is 1. The largest absolute Gasteiger partial charge is 0.465 e. The van der Waals surface area contributed by atoms with Gasteiger partial charge in [0.1, 0.15) is 11.6 Å². The van der Waals surface area contributed by atoms with Crippen LogP contribution in [-0.4, -0.2) is 94.2 Å². The molecule has 214 valence electrons. The second kappa shape index (κ2) is 11.7. The summed E-state index contributed by atoms with van der Waals surface area (Å²) in [4.78, 5) is 24.6. The Hall–Kier alpha value is -3.28. The van der Waals surface area contributed by atoms with Crippen LogP contribution >= 0.6 is 0 Å². The highest BCUT2D eigenvalue weighted by atomic mass is 16.7. The Morgan fingerprint density at radius 1 is 1.02 bits per heavy atom. The summed E-state index contributed by atoms with van der Waals surface area (Å²) in [5, 5.41) is 15.1. The van der Waals surface area contributed by atoms with Crippen LogP contribution in [-0.2, 0) is 14.2 Å². The first kappa shape index (κ1) is 26.9. The van der Waals surface area contributed by atoms with Gasteiger partial charge in [-0.05, 0) is 75.1 Å². The number of morpholine rings is 1. The van der Waals surface area contributed by atoms with Crippen LogP contribution in [0.3, 0.4) is 0 Å². The van der Waals surface area contributed by atoms with Gasteiger partial charge in [0.25, 0.3) is 0 Å². The lowest BCUT2D eigenvalue weighted by molar-refractivity contribution is -0.180. The Morgan fingerprint density at radius 3 is 2.62 bits per heavy atom. The van der Waals surface area contributed by atoms with Crippen molar-refractivity contribution in [1.82, 2.24) is 24.6 Å². The first-order valence-electron chi connectivity index (χ1n) is 14.4. The Labute approximate surface area is 234 Å². The van der Waals surface area contributed by atoms with Crippen molar-refractivity contribution in [2.45, 2.75) is 64.3 Å². The Bertz CT molecular complexity index is 1350. The molecular formula is C29H38N6O5. The summed E-state index contributed by atoms with van der Waals surface area (Å²) in [5.41, 5.74) is 3.45. The van der Waals surface area contributed by atoms with E-state index in [4.69, 9.17) is 29.3 Å². The Kier molecular flexibility index (Phi) is 7.86. The van der Waals surface area contributed by atoms with Crippen LogP contribution in [0.5, 0.6) is 0 Å². The number of nitrogens with zero attached hydrogens (tertiary/aromatic N) is 6. The third-order valence-electron chi connectivity index (χ3n) is 8.26. The fraction of sp³-hybridized carbons (Fsp3) is 0.586. The van der Waals surface area contributed by atoms with Crippen molar-refractivity contribution < 1.29 is 24.1 Å². The van der Waals surface area contributed by atoms with Crippen LogP contribution in [0.15, 0.2) is 24.4 Å². The van der Waals surface area contributed by atoms with Crippen molar-refractivity contribution in [3.8, 4) is 5.82 Å². The Morgan fingerprint density at radius 2 is 1.85 bits per heavy atom. The van der Waals surface area contributed by atoms with Gasteiger partial charge >= 0.3 is 6.09 Å². The highest BCUT2D eigenvalue weighted by molar-refractivity contribution is 5.82. The number of fused-ring (bicyclic) bond motifs is 1. The van der Waals surface area contributed by atoms with Gasteiger partial charge in [0, 0.05) is 44.2 Å². The third-order valence-corrected chi connectivity index (χ3v) is 8.26. The lowest BCUT2D eigenvalue weighted by Gasteiger charge is -2.34. The zero-order chi connectivity index (χ0) is 27.6. The van der Waals surface area contributed by atoms with Crippen molar-refractivity contribution in [2.24, 2.45) is 0 Å². The Balaban J connectivity index is 1.21. The summed E-state index contributed by atoms with van der Waals surface area (Å²) >= 11 is 0. The first-order chi connectivity index (χ1) is 19.4. The van der Waals surface area contributed by atoms with Gasteiger partial charge in [0.2, 0.25) is 0 Å². The van der Waals surface area contributed by atoms with E-state index in [0.29, 0.717) is 44.6 Å². The zero-order valence-corrected chi connectivity index (χ0v) is 23.3. The fourth-order valence-corrected chi connectivity index (χ4v) is 6.10. The molecule has 2 atom stereocenters. The topological polar surface area (TPSA) is 115 Å². The third kappa shape index (κ3) is 5.77. The molecule has 3 aliphatic heterocycles. The lowest BCUT2D eigenvalue weighted by Crippen LogP contribution is -2.45. The second-order valence-corrected chi connectivity index (χ2v) is 11.1. The van der Waals surface area contributed by atoms with E-state index >= 15 is 0 Å². The van der Waals surface area contributed by atoms with E-state index in [2.05, 4.69) is 24.0 Å². The van der Waals surface area contributed by atoms with Gasteiger partial charge in [-0.3, -0.25) is 0 Å². The quantitative estimate of drug-likeness (QED) is 0.486. The molecule has 3 aliphatic rings. The van der Waals surface area contributed by atoms with Crippen molar-refractivity contribution in [2.75, 3.05) is 50.9 Å². The summed E-state index contributed by atoms with van der Waals surface area (Å²) < 4.78 is 19.6. The average molecular weight is 551 g/mol. The summed E-state index contributed by atoms with van der Waals surface area (Å²) in [7, 11) is 0. The number of likely N-dealkylation sites (tertiary alicyclic amines) is 1. The predicted molar refractivity (Wildman–Crippen MR) is 149 cm³/mol. The molecule has 0 radical (unpaired) electrons. The molecule has 1 aromatic carbocycles. The maximum Gasteiger partial charge on any atom is 0.407 e. The van der Waals surface area contributed by atoms with Crippen molar-refractivity contribution >= 4 is 22.8 Å². The molecule has 3 fully saturated rings.